The van der Waals surface area contributed by atoms with Gasteiger partial charge in [-0.25, -0.2) is 9.18 Å². The highest BCUT2D eigenvalue weighted by Crippen LogP contribution is 2.24. The van der Waals surface area contributed by atoms with Crippen molar-refractivity contribution in [3.05, 3.63) is 65.7 Å². The third kappa shape index (κ3) is 4.86. The number of ether oxygens (including phenoxy) is 1. The number of hydrogen-bond donors (Lipinski definition) is 2. The molecule has 10 heteroatoms. The number of benzene rings is 2. The number of nitrogens with one attached hydrogen (secondary N) is 1. The molecule has 0 saturated heterocycles. The van der Waals surface area contributed by atoms with E-state index in [2.05, 4.69) is 20.6 Å². The highest BCUT2D eigenvalue weighted by atomic mass is 32.1. The highest BCUT2D eigenvalue weighted by Gasteiger charge is 2.19. The van der Waals surface area contributed by atoms with Gasteiger partial charge in [-0.3, -0.25) is 0 Å². The SMILES string of the molecule is CC(C)[C@@H](N)C(=O)Oc1ccc(Cc2nnc3sc(Nc4cccc(F)c4)nn23)cc1. The van der Waals surface area contributed by atoms with Gasteiger partial charge in [0.25, 0.3) is 0 Å². The summed E-state index contributed by atoms with van der Waals surface area (Å²) in [4.78, 5) is 12.6. The lowest BCUT2D eigenvalue weighted by molar-refractivity contribution is -0.136. The van der Waals surface area contributed by atoms with Crippen molar-refractivity contribution in [1.29, 1.82) is 0 Å². The van der Waals surface area contributed by atoms with E-state index in [-0.39, 0.29) is 11.7 Å². The molecule has 0 fully saturated rings. The molecular weight excluding hydrogens is 419 g/mol. The molecule has 0 spiro atoms. The van der Waals surface area contributed by atoms with Gasteiger partial charge in [-0.2, -0.15) is 4.52 Å². The van der Waals surface area contributed by atoms with Crippen molar-refractivity contribution >= 4 is 33.1 Å². The summed E-state index contributed by atoms with van der Waals surface area (Å²) in [5.41, 5.74) is 7.38. The molecule has 31 heavy (non-hydrogen) atoms. The fraction of sp³-hybridized carbons (Fsp3) is 0.238. The van der Waals surface area contributed by atoms with Crippen molar-refractivity contribution in [3.63, 3.8) is 0 Å². The minimum absolute atomic E-state index is 0.000489. The molecule has 0 radical (unpaired) electrons. The Balaban J connectivity index is 1.45. The molecule has 1 atom stereocenters. The monoisotopic (exact) mass is 440 g/mol. The summed E-state index contributed by atoms with van der Waals surface area (Å²) in [7, 11) is 0. The van der Waals surface area contributed by atoms with E-state index in [4.69, 9.17) is 10.5 Å². The first-order chi connectivity index (χ1) is 14.9. The minimum atomic E-state index is -0.663. The summed E-state index contributed by atoms with van der Waals surface area (Å²) >= 11 is 1.32. The quantitative estimate of drug-likeness (QED) is 0.334. The zero-order valence-corrected chi connectivity index (χ0v) is 17.8. The van der Waals surface area contributed by atoms with Crippen molar-refractivity contribution in [1.82, 2.24) is 19.8 Å². The van der Waals surface area contributed by atoms with Crippen LogP contribution in [0.5, 0.6) is 5.75 Å². The van der Waals surface area contributed by atoms with Crippen LogP contribution in [0, 0.1) is 11.7 Å². The lowest BCUT2D eigenvalue weighted by Gasteiger charge is -2.14. The molecule has 4 aromatic rings. The van der Waals surface area contributed by atoms with Crippen LogP contribution in [0.25, 0.3) is 4.96 Å². The van der Waals surface area contributed by atoms with Crippen LogP contribution < -0.4 is 15.8 Å². The van der Waals surface area contributed by atoms with E-state index in [0.717, 1.165) is 5.56 Å². The average Bonchev–Trinajstić information content (AvgIpc) is 3.29. The van der Waals surface area contributed by atoms with E-state index in [1.54, 1.807) is 28.8 Å². The number of hydrogen-bond acceptors (Lipinski definition) is 8. The number of nitrogens with two attached hydrogens (primary N) is 1. The molecule has 0 aliphatic rings. The Labute approximate surface area is 181 Å². The molecule has 0 saturated carbocycles. The van der Waals surface area contributed by atoms with Crippen LogP contribution in [-0.4, -0.2) is 31.8 Å². The van der Waals surface area contributed by atoms with Crippen LogP contribution in [0.3, 0.4) is 0 Å². The number of esters is 1. The van der Waals surface area contributed by atoms with Crippen LogP contribution in [0.1, 0.15) is 25.2 Å². The number of carbonyl (C=O) groups is 1. The molecule has 0 aliphatic carbocycles. The molecule has 2 aromatic heterocycles. The van der Waals surface area contributed by atoms with Gasteiger partial charge in [0.2, 0.25) is 10.1 Å². The maximum Gasteiger partial charge on any atom is 0.328 e. The Kier molecular flexibility index (Phi) is 5.92. The zero-order valence-electron chi connectivity index (χ0n) is 16.9. The van der Waals surface area contributed by atoms with Gasteiger partial charge in [0.05, 0.1) is 0 Å². The Hall–Kier alpha value is -3.37. The first-order valence-electron chi connectivity index (χ1n) is 9.69. The predicted molar refractivity (Wildman–Crippen MR) is 116 cm³/mol. The van der Waals surface area contributed by atoms with Gasteiger partial charge in [0, 0.05) is 12.1 Å². The second kappa shape index (κ2) is 8.78. The maximum absolute atomic E-state index is 13.4. The molecule has 2 heterocycles. The number of aromatic nitrogens is 4. The summed E-state index contributed by atoms with van der Waals surface area (Å²) in [6.07, 6.45) is 0.490. The lowest BCUT2D eigenvalue weighted by atomic mass is 10.1. The Morgan fingerprint density at radius 3 is 2.71 bits per heavy atom. The van der Waals surface area contributed by atoms with Gasteiger partial charge in [0.15, 0.2) is 5.82 Å². The number of fused-ring (bicyclic) bond motifs is 1. The topological polar surface area (TPSA) is 107 Å². The van der Waals surface area contributed by atoms with Crippen LogP contribution in [0.4, 0.5) is 15.2 Å². The number of carbonyl (C=O) groups excluding carboxylic acids is 1. The van der Waals surface area contributed by atoms with Gasteiger partial charge in [-0.15, -0.1) is 15.3 Å². The highest BCUT2D eigenvalue weighted by molar-refractivity contribution is 7.20. The number of anilines is 2. The van der Waals surface area contributed by atoms with E-state index in [0.29, 0.717) is 33.8 Å². The van der Waals surface area contributed by atoms with Gasteiger partial charge in [0.1, 0.15) is 17.6 Å². The van der Waals surface area contributed by atoms with Gasteiger partial charge in [-0.1, -0.05) is 43.4 Å². The van der Waals surface area contributed by atoms with E-state index in [9.17, 15) is 9.18 Å². The normalized spacial score (nSPS) is 12.3. The molecule has 0 unspecified atom stereocenters. The predicted octanol–water partition coefficient (Wildman–Crippen LogP) is 3.55. The molecule has 0 amide bonds. The summed E-state index contributed by atoms with van der Waals surface area (Å²) in [5, 5.41) is 16.5. The number of rotatable bonds is 7. The largest absolute Gasteiger partial charge is 0.425 e. The second-order valence-corrected chi connectivity index (χ2v) is 8.32. The molecule has 2 aromatic carbocycles. The summed E-state index contributed by atoms with van der Waals surface area (Å²) in [5.74, 6) is 0.314. The first-order valence-corrected chi connectivity index (χ1v) is 10.5. The number of nitrogens with zero attached hydrogens (tertiary/aromatic N) is 4. The molecule has 0 aliphatic heterocycles. The molecule has 160 valence electrons. The summed E-state index contributed by atoms with van der Waals surface area (Å²) in [6, 6.07) is 12.6. The zero-order chi connectivity index (χ0) is 22.0. The van der Waals surface area contributed by atoms with Crippen LogP contribution in [0.15, 0.2) is 48.5 Å². The Morgan fingerprint density at radius 1 is 1.23 bits per heavy atom. The summed E-state index contributed by atoms with van der Waals surface area (Å²) < 4.78 is 20.4. The Morgan fingerprint density at radius 2 is 2.00 bits per heavy atom. The van der Waals surface area contributed by atoms with Crippen LogP contribution in [-0.2, 0) is 11.2 Å². The minimum Gasteiger partial charge on any atom is -0.425 e. The van der Waals surface area contributed by atoms with Crippen molar-refractivity contribution < 1.29 is 13.9 Å². The molecule has 4 rings (SSSR count). The average molecular weight is 441 g/mol. The van der Waals surface area contributed by atoms with Crippen molar-refractivity contribution in [2.75, 3.05) is 5.32 Å². The van der Waals surface area contributed by atoms with E-state index >= 15 is 0 Å². The van der Waals surface area contributed by atoms with Gasteiger partial charge < -0.3 is 15.8 Å². The van der Waals surface area contributed by atoms with Crippen molar-refractivity contribution in [2.45, 2.75) is 26.3 Å². The maximum atomic E-state index is 13.4. The van der Waals surface area contributed by atoms with Gasteiger partial charge in [-0.05, 0) is 41.8 Å². The third-order valence-electron chi connectivity index (χ3n) is 4.63. The van der Waals surface area contributed by atoms with E-state index < -0.39 is 12.0 Å². The first kappa shape index (κ1) is 20.9. The standard InChI is InChI=1S/C21H21FN6O2S/c1-12(2)18(23)19(29)30-16-8-6-13(7-9-16)10-17-25-26-21-28(17)27-20(31-21)24-15-5-3-4-14(22)11-15/h3-9,11-12,18H,10,23H2,1-2H3,(H,24,27)/t18-/m1/s1. The fourth-order valence-corrected chi connectivity index (χ4v) is 3.60. The molecular formula is C21H21FN6O2S. The lowest BCUT2D eigenvalue weighted by Crippen LogP contribution is -2.38. The van der Waals surface area contributed by atoms with Crippen LogP contribution >= 0.6 is 11.3 Å². The third-order valence-corrected chi connectivity index (χ3v) is 5.44. The fourth-order valence-electron chi connectivity index (χ4n) is 2.82. The van der Waals surface area contributed by atoms with Crippen LogP contribution in [0.2, 0.25) is 0 Å². The second-order valence-electron chi connectivity index (χ2n) is 7.36. The van der Waals surface area contributed by atoms with Crippen molar-refractivity contribution in [3.8, 4) is 5.75 Å². The van der Waals surface area contributed by atoms with E-state index in [1.165, 1.54) is 23.5 Å². The molecule has 8 nitrogen and oxygen atoms in total. The molecule has 3 N–H and O–H groups in total. The summed E-state index contributed by atoms with van der Waals surface area (Å²) in [6.45, 7) is 3.73. The number of halogens is 1. The smallest absolute Gasteiger partial charge is 0.328 e. The van der Waals surface area contributed by atoms with Gasteiger partial charge >= 0.3 is 5.97 Å². The van der Waals surface area contributed by atoms with Crippen molar-refractivity contribution in [2.24, 2.45) is 11.7 Å². The van der Waals surface area contributed by atoms with E-state index in [1.807, 2.05) is 26.0 Å². The Bertz CT molecular complexity index is 1200. The molecule has 0 bridgehead atoms.